The van der Waals surface area contributed by atoms with Gasteiger partial charge < -0.3 is 0 Å². The van der Waals surface area contributed by atoms with Gasteiger partial charge in [0.25, 0.3) is 5.82 Å². The van der Waals surface area contributed by atoms with E-state index in [4.69, 9.17) is 0 Å². The summed E-state index contributed by atoms with van der Waals surface area (Å²) in [6, 6.07) is 0. The van der Waals surface area contributed by atoms with E-state index in [-0.39, 0.29) is 0 Å². The van der Waals surface area contributed by atoms with Crippen molar-refractivity contribution in [1.29, 1.82) is 0 Å². The maximum absolute atomic E-state index is 2.54. The first-order valence-electron chi connectivity index (χ1n) is 15.9. The zero-order chi connectivity index (χ0) is 24.5. The van der Waals surface area contributed by atoms with Gasteiger partial charge in [-0.1, -0.05) is 143 Å². The van der Waals surface area contributed by atoms with E-state index in [0.29, 0.717) is 0 Å². The Hall–Kier alpha value is -0.790. The number of aromatic nitrogens is 2. The van der Waals surface area contributed by atoms with Crippen LogP contribution in [0.3, 0.4) is 0 Å². The molecule has 2 heteroatoms. The van der Waals surface area contributed by atoms with E-state index in [0.717, 1.165) is 6.42 Å². The number of hydrogen-bond donors (Lipinski definition) is 0. The highest BCUT2D eigenvalue weighted by Crippen LogP contribution is 2.14. The van der Waals surface area contributed by atoms with Crippen molar-refractivity contribution in [3.05, 3.63) is 18.2 Å². The predicted molar refractivity (Wildman–Crippen MR) is 152 cm³/mol. The number of hydrogen-bond acceptors (Lipinski definition) is 0. The molecule has 0 fully saturated rings. The largest absolute Gasteiger partial charge is 0.256 e. The lowest BCUT2D eigenvalue weighted by Crippen LogP contribution is -2.37. The van der Waals surface area contributed by atoms with Gasteiger partial charge in [0.05, 0.1) is 13.1 Å². The van der Waals surface area contributed by atoms with E-state index in [1.165, 1.54) is 167 Å². The summed E-state index contributed by atoms with van der Waals surface area (Å²) in [5, 5.41) is 0. The summed E-state index contributed by atoms with van der Waals surface area (Å²) in [7, 11) is 0. The van der Waals surface area contributed by atoms with Crippen molar-refractivity contribution in [2.24, 2.45) is 0 Å². The standard InChI is InChI=1S/C32H63N2/c1-4-7-9-11-13-15-16-17-18-19-21-23-25-27-29-34-31-30-33(32(34)6-3)28-26-24-22-20-14-12-10-8-5-2/h30-31H,4-29H2,1-3H3/q+1. The molecule has 2 nitrogen and oxygen atoms in total. The van der Waals surface area contributed by atoms with Gasteiger partial charge in [0.1, 0.15) is 12.4 Å². The molecule has 0 unspecified atom stereocenters. The Kier molecular flexibility index (Phi) is 22.0. The molecule has 0 spiro atoms. The molecule has 0 N–H and O–H groups in total. The lowest BCUT2D eigenvalue weighted by molar-refractivity contribution is -0.704. The smallest absolute Gasteiger partial charge is 0.234 e. The summed E-state index contributed by atoms with van der Waals surface area (Å²) >= 11 is 0. The number of aryl methyl sites for hydroxylation is 2. The van der Waals surface area contributed by atoms with Crippen LogP contribution in [0.4, 0.5) is 0 Å². The zero-order valence-corrected chi connectivity index (χ0v) is 23.9. The first kappa shape index (κ1) is 31.2. The van der Waals surface area contributed by atoms with Crippen LogP contribution in [0.25, 0.3) is 0 Å². The second-order valence-electron chi connectivity index (χ2n) is 10.9. The van der Waals surface area contributed by atoms with Gasteiger partial charge in [-0.05, 0) is 25.7 Å². The number of rotatable bonds is 26. The molecular formula is C32H63N2+. The minimum Gasteiger partial charge on any atom is -0.234 e. The van der Waals surface area contributed by atoms with Crippen LogP contribution in [0.15, 0.2) is 12.4 Å². The summed E-state index contributed by atoms with van der Waals surface area (Å²) in [5.41, 5.74) is 0. The Morgan fingerprint density at radius 3 is 1.29 bits per heavy atom. The van der Waals surface area contributed by atoms with E-state index in [1.54, 1.807) is 0 Å². The van der Waals surface area contributed by atoms with Crippen LogP contribution >= 0.6 is 0 Å². The Morgan fingerprint density at radius 1 is 0.500 bits per heavy atom. The van der Waals surface area contributed by atoms with Crippen molar-refractivity contribution in [3.63, 3.8) is 0 Å². The lowest BCUT2D eigenvalue weighted by atomic mass is 10.0. The Balaban J connectivity index is 1.99. The third-order valence-electron chi connectivity index (χ3n) is 7.66. The Labute approximate surface area is 215 Å². The van der Waals surface area contributed by atoms with Gasteiger partial charge in [-0.3, -0.25) is 0 Å². The second kappa shape index (κ2) is 23.9. The van der Waals surface area contributed by atoms with Gasteiger partial charge in [0, 0.05) is 6.42 Å². The number of imidazole rings is 1. The number of unbranched alkanes of at least 4 members (excludes halogenated alkanes) is 21. The SMILES string of the molecule is CCCCCCCCCCCCCCCCn1cc[n+](CCCCCCCCCCC)c1CC. The molecular weight excluding hydrogens is 412 g/mol. The molecule has 0 saturated carbocycles. The van der Waals surface area contributed by atoms with Crippen LogP contribution in [0.5, 0.6) is 0 Å². The average Bonchev–Trinajstić information content (AvgIpc) is 3.24. The Morgan fingerprint density at radius 2 is 0.882 bits per heavy atom. The molecule has 0 amide bonds. The molecule has 1 rings (SSSR count). The summed E-state index contributed by atoms with van der Waals surface area (Å²) < 4.78 is 5.07. The molecule has 0 aliphatic heterocycles. The average molecular weight is 476 g/mol. The quantitative estimate of drug-likeness (QED) is 0.0930. The summed E-state index contributed by atoms with van der Waals surface area (Å²) in [4.78, 5) is 0. The summed E-state index contributed by atoms with van der Waals surface area (Å²) in [6.45, 7) is 9.35. The van der Waals surface area contributed by atoms with E-state index in [1.807, 2.05) is 0 Å². The molecule has 0 aliphatic rings. The van der Waals surface area contributed by atoms with Crippen LogP contribution < -0.4 is 4.57 Å². The van der Waals surface area contributed by atoms with Gasteiger partial charge in [0.15, 0.2) is 0 Å². The van der Waals surface area contributed by atoms with E-state index in [2.05, 4.69) is 42.3 Å². The normalized spacial score (nSPS) is 11.5. The molecule has 0 atom stereocenters. The van der Waals surface area contributed by atoms with Crippen LogP contribution in [-0.4, -0.2) is 4.57 Å². The maximum atomic E-state index is 2.54. The molecule has 0 saturated heterocycles. The van der Waals surface area contributed by atoms with Crippen molar-refractivity contribution in [2.45, 2.75) is 188 Å². The van der Waals surface area contributed by atoms with E-state index < -0.39 is 0 Å². The van der Waals surface area contributed by atoms with Gasteiger partial charge in [0.2, 0.25) is 0 Å². The summed E-state index contributed by atoms with van der Waals surface area (Å²) in [6.07, 6.45) is 38.7. The minimum absolute atomic E-state index is 1.16. The lowest BCUT2D eigenvalue weighted by Gasteiger charge is -2.05. The summed E-state index contributed by atoms with van der Waals surface area (Å²) in [5.74, 6) is 1.54. The molecule has 1 aromatic rings. The zero-order valence-electron chi connectivity index (χ0n) is 23.9. The monoisotopic (exact) mass is 475 g/mol. The van der Waals surface area contributed by atoms with Gasteiger partial charge in [-0.15, -0.1) is 0 Å². The van der Waals surface area contributed by atoms with E-state index in [9.17, 15) is 0 Å². The molecule has 1 aromatic heterocycles. The second-order valence-corrected chi connectivity index (χ2v) is 10.9. The van der Waals surface area contributed by atoms with Gasteiger partial charge in [-0.25, -0.2) is 9.13 Å². The van der Waals surface area contributed by atoms with E-state index >= 15 is 0 Å². The molecule has 0 aliphatic carbocycles. The first-order chi connectivity index (χ1) is 16.8. The fourth-order valence-electron chi connectivity index (χ4n) is 5.38. The molecule has 0 bridgehead atoms. The van der Waals surface area contributed by atoms with Crippen molar-refractivity contribution >= 4 is 0 Å². The van der Waals surface area contributed by atoms with Crippen LogP contribution in [0.2, 0.25) is 0 Å². The molecule has 1 heterocycles. The fraction of sp³-hybridized carbons (Fsp3) is 0.906. The topological polar surface area (TPSA) is 8.81 Å². The van der Waals surface area contributed by atoms with Crippen LogP contribution in [0, 0.1) is 0 Å². The third-order valence-corrected chi connectivity index (χ3v) is 7.66. The highest BCUT2D eigenvalue weighted by atomic mass is 15.1. The molecule has 200 valence electrons. The highest BCUT2D eigenvalue weighted by Gasteiger charge is 2.14. The van der Waals surface area contributed by atoms with Gasteiger partial charge in [-0.2, -0.15) is 0 Å². The van der Waals surface area contributed by atoms with Crippen molar-refractivity contribution in [3.8, 4) is 0 Å². The van der Waals surface area contributed by atoms with Gasteiger partial charge >= 0.3 is 0 Å². The highest BCUT2D eigenvalue weighted by molar-refractivity contribution is 4.83. The maximum Gasteiger partial charge on any atom is 0.256 e. The van der Waals surface area contributed by atoms with Crippen molar-refractivity contribution in [1.82, 2.24) is 4.57 Å². The fourth-order valence-corrected chi connectivity index (χ4v) is 5.38. The molecule has 34 heavy (non-hydrogen) atoms. The minimum atomic E-state index is 1.16. The van der Waals surface area contributed by atoms with Crippen LogP contribution in [-0.2, 0) is 19.5 Å². The Bertz CT molecular complexity index is 533. The molecule has 0 radical (unpaired) electrons. The van der Waals surface area contributed by atoms with Crippen LogP contribution in [0.1, 0.15) is 174 Å². The molecule has 0 aromatic carbocycles. The van der Waals surface area contributed by atoms with Crippen molar-refractivity contribution in [2.75, 3.05) is 0 Å². The van der Waals surface area contributed by atoms with Crippen molar-refractivity contribution < 1.29 is 4.57 Å². The number of nitrogens with zero attached hydrogens (tertiary/aromatic N) is 2. The predicted octanol–water partition coefficient (Wildman–Crippen LogP) is 10.4. The first-order valence-corrected chi connectivity index (χ1v) is 15.9. The third kappa shape index (κ3) is 16.8.